The molecule has 1 amide bonds. The number of amides is 1. The van der Waals surface area contributed by atoms with E-state index in [1.54, 1.807) is 19.1 Å². The van der Waals surface area contributed by atoms with Crippen molar-refractivity contribution in [2.75, 3.05) is 19.0 Å². The predicted molar refractivity (Wildman–Crippen MR) is 88.1 cm³/mol. The number of nitrogens with zero attached hydrogens (tertiary/aromatic N) is 1. The molecule has 0 radical (unpaired) electrons. The van der Waals surface area contributed by atoms with Crippen LogP contribution in [0.25, 0.3) is 0 Å². The summed E-state index contributed by atoms with van der Waals surface area (Å²) in [6, 6.07) is 11.5. The van der Waals surface area contributed by atoms with Gasteiger partial charge < -0.3 is 10.2 Å². The van der Waals surface area contributed by atoms with Crippen molar-refractivity contribution >= 4 is 11.6 Å². The minimum absolute atomic E-state index is 0.271. The van der Waals surface area contributed by atoms with Gasteiger partial charge in [0.15, 0.2) is 0 Å². The van der Waals surface area contributed by atoms with Gasteiger partial charge in [-0.05, 0) is 48.9 Å². The van der Waals surface area contributed by atoms with E-state index in [0.29, 0.717) is 11.1 Å². The second kappa shape index (κ2) is 6.95. The fourth-order valence-corrected chi connectivity index (χ4v) is 2.24. The van der Waals surface area contributed by atoms with Crippen molar-refractivity contribution in [1.82, 2.24) is 5.32 Å². The number of hydrogen-bond donors (Lipinski definition) is 1. The third kappa shape index (κ3) is 4.28. The van der Waals surface area contributed by atoms with Crippen molar-refractivity contribution in [1.29, 1.82) is 0 Å². The summed E-state index contributed by atoms with van der Waals surface area (Å²) < 4.78 is 37.7. The Balaban J connectivity index is 2.05. The number of benzene rings is 2. The lowest BCUT2D eigenvalue weighted by atomic mass is 10.1. The van der Waals surface area contributed by atoms with Crippen LogP contribution < -0.4 is 10.2 Å². The van der Waals surface area contributed by atoms with Crippen molar-refractivity contribution < 1.29 is 18.0 Å². The number of hydrogen-bond acceptors (Lipinski definition) is 2. The molecule has 1 atom stereocenters. The van der Waals surface area contributed by atoms with Gasteiger partial charge in [-0.2, -0.15) is 13.2 Å². The molecule has 1 unspecified atom stereocenters. The maximum Gasteiger partial charge on any atom is 0.416 e. The van der Waals surface area contributed by atoms with Crippen LogP contribution in [0.3, 0.4) is 0 Å². The SMILES string of the molecule is CC(NC(=O)c1ccc(N(C)C)cc1)c1ccc(C(F)(F)F)cc1. The van der Waals surface area contributed by atoms with Gasteiger partial charge in [-0.15, -0.1) is 0 Å². The highest BCUT2D eigenvalue weighted by molar-refractivity contribution is 5.94. The number of nitrogens with one attached hydrogen (secondary N) is 1. The molecule has 0 saturated heterocycles. The molecule has 0 aromatic heterocycles. The first kappa shape index (κ1) is 17.8. The Morgan fingerprint density at radius 3 is 2.00 bits per heavy atom. The summed E-state index contributed by atoms with van der Waals surface area (Å²) in [4.78, 5) is 14.2. The zero-order chi connectivity index (χ0) is 17.9. The summed E-state index contributed by atoms with van der Waals surface area (Å²) in [6.07, 6.45) is -4.36. The number of carbonyl (C=O) groups is 1. The van der Waals surface area contributed by atoms with Gasteiger partial charge in [0.25, 0.3) is 5.91 Å². The van der Waals surface area contributed by atoms with Crippen LogP contribution in [0, 0.1) is 0 Å². The van der Waals surface area contributed by atoms with Gasteiger partial charge in [-0.1, -0.05) is 12.1 Å². The first-order chi connectivity index (χ1) is 11.2. The molecule has 1 N–H and O–H groups in total. The molecule has 0 bridgehead atoms. The lowest BCUT2D eigenvalue weighted by Gasteiger charge is -2.16. The highest BCUT2D eigenvalue weighted by Crippen LogP contribution is 2.29. The van der Waals surface area contributed by atoms with E-state index in [1.165, 1.54) is 12.1 Å². The maximum atomic E-state index is 12.6. The molecule has 2 aromatic carbocycles. The summed E-state index contributed by atoms with van der Waals surface area (Å²) in [5, 5.41) is 2.79. The number of alkyl halides is 3. The third-order valence-corrected chi connectivity index (χ3v) is 3.73. The minimum atomic E-state index is -4.36. The van der Waals surface area contributed by atoms with E-state index < -0.39 is 17.8 Å². The maximum absolute atomic E-state index is 12.6. The summed E-state index contributed by atoms with van der Waals surface area (Å²) in [6.45, 7) is 1.73. The van der Waals surface area contributed by atoms with E-state index in [-0.39, 0.29) is 5.91 Å². The Morgan fingerprint density at radius 2 is 1.54 bits per heavy atom. The summed E-state index contributed by atoms with van der Waals surface area (Å²) in [7, 11) is 3.81. The van der Waals surface area contributed by atoms with Gasteiger partial charge in [-0.3, -0.25) is 4.79 Å². The monoisotopic (exact) mass is 336 g/mol. The molecule has 2 aromatic rings. The molecule has 0 saturated carbocycles. The summed E-state index contributed by atoms with van der Waals surface area (Å²) in [5.74, 6) is -0.271. The zero-order valence-corrected chi connectivity index (χ0v) is 13.7. The molecular weight excluding hydrogens is 317 g/mol. The van der Waals surface area contributed by atoms with E-state index in [4.69, 9.17) is 0 Å². The lowest BCUT2D eigenvalue weighted by Crippen LogP contribution is -2.26. The molecule has 0 aliphatic rings. The molecule has 2 rings (SSSR count). The molecule has 0 aliphatic heterocycles. The largest absolute Gasteiger partial charge is 0.416 e. The van der Waals surface area contributed by atoms with Crippen molar-refractivity contribution in [2.24, 2.45) is 0 Å². The Kier molecular flexibility index (Phi) is 5.17. The number of halogens is 3. The van der Waals surface area contributed by atoms with Crippen molar-refractivity contribution in [3.05, 3.63) is 65.2 Å². The molecule has 24 heavy (non-hydrogen) atoms. The van der Waals surface area contributed by atoms with Crippen molar-refractivity contribution in [3.8, 4) is 0 Å². The van der Waals surface area contributed by atoms with Crippen LogP contribution >= 0.6 is 0 Å². The number of carbonyl (C=O) groups excluding carboxylic acids is 1. The quantitative estimate of drug-likeness (QED) is 0.905. The average Bonchev–Trinajstić information content (AvgIpc) is 2.54. The molecule has 3 nitrogen and oxygen atoms in total. The fourth-order valence-electron chi connectivity index (χ4n) is 2.24. The Morgan fingerprint density at radius 1 is 1.00 bits per heavy atom. The van der Waals surface area contributed by atoms with Crippen LogP contribution in [0.1, 0.15) is 34.5 Å². The normalized spacial score (nSPS) is 12.6. The Bertz CT molecular complexity index is 692. The van der Waals surface area contributed by atoms with E-state index >= 15 is 0 Å². The van der Waals surface area contributed by atoms with Crippen LogP contribution in [0.4, 0.5) is 18.9 Å². The molecule has 0 fully saturated rings. The average molecular weight is 336 g/mol. The summed E-state index contributed by atoms with van der Waals surface area (Å²) >= 11 is 0. The highest BCUT2D eigenvalue weighted by Gasteiger charge is 2.30. The lowest BCUT2D eigenvalue weighted by molar-refractivity contribution is -0.137. The van der Waals surface area contributed by atoms with E-state index in [9.17, 15) is 18.0 Å². The van der Waals surface area contributed by atoms with Crippen LogP contribution in [-0.4, -0.2) is 20.0 Å². The van der Waals surface area contributed by atoms with Gasteiger partial charge in [0.2, 0.25) is 0 Å². The molecule has 128 valence electrons. The standard InChI is InChI=1S/C18H19F3N2O/c1-12(13-4-8-15(9-5-13)18(19,20)21)22-17(24)14-6-10-16(11-7-14)23(2)3/h4-12H,1-3H3,(H,22,24). The van der Waals surface area contributed by atoms with E-state index in [1.807, 2.05) is 31.1 Å². The number of anilines is 1. The second-order valence-corrected chi connectivity index (χ2v) is 5.76. The van der Waals surface area contributed by atoms with Crippen LogP contribution in [-0.2, 0) is 6.18 Å². The molecular formula is C18H19F3N2O. The first-order valence-electron chi connectivity index (χ1n) is 7.44. The Hall–Kier alpha value is -2.50. The summed E-state index contributed by atoms with van der Waals surface area (Å²) in [5.41, 5.74) is 1.38. The molecule has 0 heterocycles. The predicted octanol–water partition coefficient (Wildman–Crippen LogP) is 4.26. The van der Waals surface area contributed by atoms with E-state index in [2.05, 4.69) is 5.32 Å². The second-order valence-electron chi connectivity index (χ2n) is 5.76. The van der Waals surface area contributed by atoms with Crippen LogP contribution in [0.2, 0.25) is 0 Å². The molecule has 0 aliphatic carbocycles. The van der Waals surface area contributed by atoms with Crippen molar-refractivity contribution in [2.45, 2.75) is 19.1 Å². The van der Waals surface area contributed by atoms with Gasteiger partial charge in [0, 0.05) is 25.3 Å². The van der Waals surface area contributed by atoms with Gasteiger partial charge >= 0.3 is 6.18 Å². The van der Waals surface area contributed by atoms with Crippen LogP contribution in [0.5, 0.6) is 0 Å². The minimum Gasteiger partial charge on any atom is -0.378 e. The fraction of sp³-hybridized carbons (Fsp3) is 0.278. The first-order valence-corrected chi connectivity index (χ1v) is 7.44. The smallest absolute Gasteiger partial charge is 0.378 e. The van der Waals surface area contributed by atoms with Crippen LogP contribution in [0.15, 0.2) is 48.5 Å². The van der Waals surface area contributed by atoms with Gasteiger partial charge in [0.1, 0.15) is 0 Å². The van der Waals surface area contributed by atoms with E-state index in [0.717, 1.165) is 17.8 Å². The molecule has 0 spiro atoms. The van der Waals surface area contributed by atoms with Gasteiger partial charge in [0.05, 0.1) is 11.6 Å². The topological polar surface area (TPSA) is 32.3 Å². The van der Waals surface area contributed by atoms with Gasteiger partial charge in [-0.25, -0.2) is 0 Å². The number of rotatable bonds is 4. The third-order valence-electron chi connectivity index (χ3n) is 3.73. The van der Waals surface area contributed by atoms with Crippen molar-refractivity contribution in [3.63, 3.8) is 0 Å². The molecule has 6 heteroatoms. The zero-order valence-electron chi connectivity index (χ0n) is 13.7. The highest BCUT2D eigenvalue weighted by atomic mass is 19.4. The Labute approximate surface area is 139 Å².